The summed E-state index contributed by atoms with van der Waals surface area (Å²) in [6, 6.07) is 28.9. The first-order chi connectivity index (χ1) is 17.6. The van der Waals surface area contributed by atoms with E-state index in [1.54, 1.807) is 0 Å². The van der Waals surface area contributed by atoms with Crippen LogP contribution in [0.1, 0.15) is 24.1 Å². The number of carbonyl (C=O) groups is 1. The molecule has 1 saturated heterocycles. The Morgan fingerprint density at radius 2 is 1.53 bits per heavy atom. The maximum Gasteiger partial charge on any atom is 0.231 e. The molecular formula is C31H31N3O2. The Morgan fingerprint density at radius 1 is 0.861 bits per heavy atom. The van der Waals surface area contributed by atoms with Gasteiger partial charge in [0.1, 0.15) is 0 Å². The number of pyridine rings is 1. The van der Waals surface area contributed by atoms with Crippen LogP contribution < -0.4 is 10.2 Å². The number of anilines is 2. The van der Waals surface area contributed by atoms with Crippen LogP contribution in [0.25, 0.3) is 22.3 Å². The molecule has 5 heteroatoms. The van der Waals surface area contributed by atoms with E-state index in [1.165, 1.54) is 5.69 Å². The second-order valence-electron chi connectivity index (χ2n) is 9.25. The summed E-state index contributed by atoms with van der Waals surface area (Å²) in [5.41, 5.74) is 8.44. The molecule has 5 rings (SSSR count). The average Bonchev–Trinajstić information content (AvgIpc) is 2.94. The van der Waals surface area contributed by atoms with Crippen LogP contribution in [-0.2, 0) is 9.53 Å². The highest BCUT2D eigenvalue weighted by Gasteiger charge is 2.17. The van der Waals surface area contributed by atoms with Gasteiger partial charge in [0.05, 0.1) is 19.1 Å². The number of aromatic nitrogens is 1. The minimum absolute atomic E-state index is 0.0256. The van der Waals surface area contributed by atoms with E-state index in [1.807, 2.05) is 62.5 Å². The van der Waals surface area contributed by atoms with E-state index in [0.29, 0.717) is 0 Å². The number of benzene rings is 3. The van der Waals surface area contributed by atoms with E-state index in [4.69, 9.17) is 4.74 Å². The molecule has 0 bridgehead atoms. The van der Waals surface area contributed by atoms with E-state index >= 15 is 0 Å². The van der Waals surface area contributed by atoms with Crippen molar-refractivity contribution < 1.29 is 9.53 Å². The number of rotatable bonds is 6. The number of carbonyl (C=O) groups excluding carboxylic acids is 1. The van der Waals surface area contributed by atoms with E-state index in [0.717, 1.165) is 65.5 Å². The molecule has 3 aromatic carbocycles. The second-order valence-corrected chi connectivity index (χ2v) is 9.25. The molecule has 0 aliphatic carbocycles. The Balaban J connectivity index is 1.26. The fraction of sp³-hybridized carbons (Fsp3) is 0.226. The van der Waals surface area contributed by atoms with Crippen LogP contribution in [0.2, 0.25) is 0 Å². The van der Waals surface area contributed by atoms with Crippen LogP contribution in [0.3, 0.4) is 0 Å². The van der Waals surface area contributed by atoms with E-state index in [-0.39, 0.29) is 11.8 Å². The van der Waals surface area contributed by atoms with Gasteiger partial charge < -0.3 is 15.0 Å². The van der Waals surface area contributed by atoms with Gasteiger partial charge in [0.25, 0.3) is 0 Å². The van der Waals surface area contributed by atoms with Gasteiger partial charge in [-0.1, -0.05) is 48.5 Å². The van der Waals surface area contributed by atoms with Gasteiger partial charge in [-0.2, -0.15) is 0 Å². The van der Waals surface area contributed by atoms with Gasteiger partial charge in [-0.3, -0.25) is 9.78 Å². The largest absolute Gasteiger partial charge is 0.378 e. The van der Waals surface area contributed by atoms with Crippen molar-refractivity contribution in [3.8, 4) is 22.3 Å². The molecule has 1 atom stereocenters. The van der Waals surface area contributed by atoms with Gasteiger partial charge in [-0.25, -0.2) is 0 Å². The fourth-order valence-electron chi connectivity index (χ4n) is 4.55. The summed E-state index contributed by atoms with van der Waals surface area (Å²) >= 11 is 0. The molecule has 1 aliphatic heterocycles. The van der Waals surface area contributed by atoms with Crippen molar-refractivity contribution in [2.75, 3.05) is 36.5 Å². The number of ether oxygens (including phenoxy) is 1. The lowest BCUT2D eigenvalue weighted by atomic mass is 9.95. The lowest BCUT2D eigenvalue weighted by Crippen LogP contribution is -2.36. The molecule has 4 aromatic rings. The number of amides is 1. The smallest absolute Gasteiger partial charge is 0.231 e. The lowest BCUT2D eigenvalue weighted by Gasteiger charge is -2.29. The van der Waals surface area contributed by atoms with E-state index in [9.17, 15) is 4.79 Å². The van der Waals surface area contributed by atoms with Gasteiger partial charge in [0, 0.05) is 36.4 Å². The molecule has 1 aromatic heterocycles. The second kappa shape index (κ2) is 10.8. The lowest BCUT2D eigenvalue weighted by molar-refractivity contribution is -0.117. The molecule has 182 valence electrons. The van der Waals surface area contributed by atoms with Gasteiger partial charge in [-0.15, -0.1) is 0 Å². The first-order valence-electron chi connectivity index (χ1n) is 12.4. The molecular weight excluding hydrogens is 446 g/mol. The Kier molecular flexibility index (Phi) is 7.10. The highest BCUT2D eigenvalue weighted by Crippen LogP contribution is 2.28. The highest BCUT2D eigenvalue weighted by atomic mass is 16.5. The summed E-state index contributed by atoms with van der Waals surface area (Å²) in [6.07, 6.45) is 1.81. The standard InChI is InChI=1S/C31H31N3O2/c1-22-20-28(14-15-32-22)24-6-10-29(11-7-24)33-31(35)23(2)26-4-3-5-27(21-26)25-8-12-30(13-9-25)34-16-18-36-19-17-34/h3-15,20-21,23H,16-19H2,1-2H3,(H,33,35)/t23-/m1/s1. The SMILES string of the molecule is Cc1cc(-c2ccc(NC(=O)[C@H](C)c3cccc(-c4ccc(N5CCOCC5)cc4)c3)cc2)ccn1. The molecule has 1 aliphatic rings. The molecule has 0 unspecified atom stereocenters. The number of hydrogen-bond donors (Lipinski definition) is 1. The number of morpholine rings is 1. The molecule has 2 heterocycles. The number of aryl methyl sites for hydroxylation is 1. The Bertz CT molecular complexity index is 1330. The van der Waals surface area contributed by atoms with Crippen molar-refractivity contribution in [3.63, 3.8) is 0 Å². The Hall–Kier alpha value is -3.96. The van der Waals surface area contributed by atoms with E-state index < -0.39 is 0 Å². The van der Waals surface area contributed by atoms with Crippen LogP contribution in [0.5, 0.6) is 0 Å². The van der Waals surface area contributed by atoms with Crippen LogP contribution in [-0.4, -0.2) is 37.2 Å². The maximum atomic E-state index is 13.0. The predicted octanol–water partition coefficient (Wildman–Crippen LogP) is 6.30. The van der Waals surface area contributed by atoms with Gasteiger partial charge >= 0.3 is 0 Å². The number of nitrogens with zero attached hydrogens (tertiary/aromatic N) is 2. The van der Waals surface area contributed by atoms with Crippen molar-refractivity contribution >= 4 is 17.3 Å². The zero-order valence-electron chi connectivity index (χ0n) is 20.8. The Morgan fingerprint density at radius 3 is 2.22 bits per heavy atom. The summed E-state index contributed by atoms with van der Waals surface area (Å²) in [4.78, 5) is 19.6. The van der Waals surface area contributed by atoms with Crippen LogP contribution >= 0.6 is 0 Å². The van der Waals surface area contributed by atoms with Crippen LogP contribution in [0, 0.1) is 6.92 Å². The third-order valence-electron chi connectivity index (χ3n) is 6.74. The molecule has 0 spiro atoms. The topological polar surface area (TPSA) is 54.5 Å². The molecule has 1 amide bonds. The van der Waals surface area contributed by atoms with Crippen LogP contribution in [0.4, 0.5) is 11.4 Å². The predicted molar refractivity (Wildman–Crippen MR) is 146 cm³/mol. The normalized spacial score (nSPS) is 14.3. The third-order valence-corrected chi connectivity index (χ3v) is 6.74. The summed E-state index contributed by atoms with van der Waals surface area (Å²) in [6.45, 7) is 7.33. The zero-order valence-corrected chi connectivity index (χ0v) is 20.8. The number of hydrogen-bond acceptors (Lipinski definition) is 4. The zero-order chi connectivity index (χ0) is 24.9. The average molecular weight is 478 g/mol. The van der Waals surface area contributed by atoms with Gasteiger partial charge in [-0.05, 0) is 78.1 Å². The molecule has 1 fully saturated rings. The molecule has 0 radical (unpaired) electrons. The molecule has 5 nitrogen and oxygen atoms in total. The fourth-order valence-corrected chi connectivity index (χ4v) is 4.55. The van der Waals surface area contributed by atoms with Crippen LogP contribution in [0.15, 0.2) is 91.1 Å². The first kappa shape index (κ1) is 23.8. The van der Waals surface area contributed by atoms with Gasteiger partial charge in [0.2, 0.25) is 5.91 Å². The summed E-state index contributed by atoms with van der Waals surface area (Å²) < 4.78 is 5.46. The summed E-state index contributed by atoms with van der Waals surface area (Å²) in [5.74, 6) is -0.303. The van der Waals surface area contributed by atoms with Gasteiger partial charge in [0.15, 0.2) is 0 Å². The van der Waals surface area contributed by atoms with Crippen molar-refractivity contribution in [2.45, 2.75) is 19.8 Å². The summed E-state index contributed by atoms with van der Waals surface area (Å²) in [7, 11) is 0. The highest BCUT2D eigenvalue weighted by molar-refractivity contribution is 5.96. The minimum atomic E-state index is -0.278. The maximum absolute atomic E-state index is 13.0. The van der Waals surface area contributed by atoms with E-state index in [2.05, 4.69) is 57.7 Å². The summed E-state index contributed by atoms with van der Waals surface area (Å²) in [5, 5.41) is 3.07. The first-order valence-corrected chi connectivity index (χ1v) is 12.4. The quantitative estimate of drug-likeness (QED) is 0.354. The van der Waals surface area contributed by atoms with Crippen molar-refractivity contribution in [3.05, 3.63) is 102 Å². The van der Waals surface area contributed by atoms with Crippen molar-refractivity contribution in [1.82, 2.24) is 4.98 Å². The molecule has 36 heavy (non-hydrogen) atoms. The minimum Gasteiger partial charge on any atom is -0.378 e. The monoisotopic (exact) mass is 477 g/mol. The molecule has 0 saturated carbocycles. The third kappa shape index (κ3) is 5.47. The Labute approximate surface area is 212 Å². The van der Waals surface area contributed by atoms with Crippen molar-refractivity contribution in [1.29, 1.82) is 0 Å². The van der Waals surface area contributed by atoms with Crippen molar-refractivity contribution in [2.24, 2.45) is 0 Å². The molecule has 1 N–H and O–H groups in total. The number of nitrogens with one attached hydrogen (secondary N) is 1.